The smallest absolute Gasteiger partial charge is 0.242 e. The summed E-state index contributed by atoms with van der Waals surface area (Å²) < 4.78 is 30.8. The molecule has 0 aliphatic rings. The van der Waals surface area contributed by atoms with Gasteiger partial charge in [0.2, 0.25) is 10.0 Å². The number of anilines is 1. The van der Waals surface area contributed by atoms with Gasteiger partial charge in [0.05, 0.1) is 17.2 Å². The number of hydrogen-bond donors (Lipinski definition) is 1. The van der Waals surface area contributed by atoms with Crippen molar-refractivity contribution in [2.45, 2.75) is 11.3 Å². The molecule has 1 rings (SSSR count). The van der Waals surface area contributed by atoms with Crippen LogP contribution in [0.4, 0.5) is 5.69 Å². The van der Waals surface area contributed by atoms with Gasteiger partial charge in [0.25, 0.3) is 0 Å². The average molecular weight is 301 g/mol. The van der Waals surface area contributed by atoms with E-state index in [1.807, 2.05) is 14.1 Å². The first-order valence-electron chi connectivity index (χ1n) is 6.34. The molecule has 0 saturated carbocycles. The molecule has 0 atom stereocenters. The van der Waals surface area contributed by atoms with E-state index in [9.17, 15) is 8.42 Å². The molecule has 1 aromatic rings. The molecule has 0 bridgehead atoms. The van der Waals surface area contributed by atoms with Crippen LogP contribution in [0.2, 0.25) is 0 Å². The van der Waals surface area contributed by atoms with Crippen molar-refractivity contribution < 1.29 is 13.2 Å². The fraction of sp³-hybridized carbons (Fsp3) is 0.538. The largest absolute Gasteiger partial charge is 0.491 e. The maximum Gasteiger partial charge on any atom is 0.242 e. The predicted octanol–water partition coefficient (Wildman–Crippen LogP) is 0.850. The van der Waals surface area contributed by atoms with E-state index in [0.29, 0.717) is 18.0 Å². The summed E-state index contributed by atoms with van der Waals surface area (Å²) >= 11 is 0. The fourth-order valence-corrected chi connectivity index (χ4v) is 2.49. The summed E-state index contributed by atoms with van der Waals surface area (Å²) in [6.07, 6.45) is 0.844. The Hall–Kier alpha value is -1.31. The van der Waals surface area contributed by atoms with Gasteiger partial charge < -0.3 is 15.4 Å². The number of sulfonamides is 1. The fourth-order valence-electron chi connectivity index (χ4n) is 1.57. The third kappa shape index (κ3) is 4.36. The molecule has 2 N–H and O–H groups in total. The minimum atomic E-state index is -3.47. The first-order chi connectivity index (χ1) is 9.25. The second-order valence-electron chi connectivity index (χ2n) is 4.99. The van der Waals surface area contributed by atoms with Crippen molar-refractivity contribution in [3.63, 3.8) is 0 Å². The van der Waals surface area contributed by atoms with E-state index in [-0.39, 0.29) is 4.90 Å². The van der Waals surface area contributed by atoms with Gasteiger partial charge in [-0.05, 0) is 32.6 Å². The van der Waals surface area contributed by atoms with Crippen LogP contribution >= 0.6 is 0 Å². The van der Waals surface area contributed by atoms with Gasteiger partial charge in [-0.3, -0.25) is 0 Å². The Morgan fingerprint density at radius 3 is 2.40 bits per heavy atom. The number of hydrogen-bond acceptors (Lipinski definition) is 5. The molecule has 20 heavy (non-hydrogen) atoms. The molecular formula is C13H23N3O3S. The summed E-state index contributed by atoms with van der Waals surface area (Å²) in [6, 6.07) is 4.51. The van der Waals surface area contributed by atoms with Crippen molar-refractivity contribution in [3.8, 4) is 5.75 Å². The quantitative estimate of drug-likeness (QED) is 0.597. The number of nitrogen functional groups attached to an aromatic ring is 1. The molecule has 0 radical (unpaired) electrons. The molecule has 0 heterocycles. The number of nitrogens with zero attached hydrogens (tertiary/aromatic N) is 2. The molecule has 0 aromatic heterocycles. The Kier molecular flexibility index (Phi) is 5.79. The lowest BCUT2D eigenvalue weighted by Gasteiger charge is -2.15. The normalized spacial score (nSPS) is 12.1. The molecule has 0 saturated heterocycles. The lowest BCUT2D eigenvalue weighted by molar-refractivity contribution is 0.282. The van der Waals surface area contributed by atoms with E-state index in [4.69, 9.17) is 10.5 Å². The Morgan fingerprint density at radius 2 is 1.85 bits per heavy atom. The van der Waals surface area contributed by atoms with Crippen molar-refractivity contribution in [3.05, 3.63) is 18.2 Å². The highest BCUT2D eigenvalue weighted by molar-refractivity contribution is 7.89. The van der Waals surface area contributed by atoms with Crippen LogP contribution in [0.15, 0.2) is 23.1 Å². The number of benzene rings is 1. The summed E-state index contributed by atoms with van der Waals surface area (Å²) in [5, 5.41) is 0. The lowest BCUT2D eigenvalue weighted by atomic mass is 10.3. The third-order valence-corrected chi connectivity index (χ3v) is 4.58. The molecule has 0 spiro atoms. The van der Waals surface area contributed by atoms with Crippen molar-refractivity contribution >= 4 is 15.7 Å². The Morgan fingerprint density at radius 1 is 1.20 bits per heavy atom. The molecule has 0 aliphatic carbocycles. The van der Waals surface area contributed by atoms with Gasteiger partial charge in [0, 0.05) is 26.7 Å². The highest BCUT2D eigenvalue weighted by Crippen LogP contribution is 2.26. The molecule has 1 aromatic carbocycles. The predicted molar refractivity (Wildman–Crippen MR) is 80.4 cm³/mol. The second kappa shape index (κ2) is 6.92. The van der Waals surface area contributed by atoms with Crippen molar-refractivity contribution in [1.82, 2.24) is 9.21 Å². The van der Waals surface area contributed by atoms with Crippen LogP contribution < -0.4 is 10.5 Å². The molecule has 0 aliphatic heterocycles. The Labute approximate surface area is 121 Å². The lowest BCUT2D eigenvalue weighted by Crippen LogP contribution is -2.22. The van der Waals surface area contributed by atoms with Crippen LogP contribution in [0.25, 0.3) is 0 Å². The molecule has 114 valence electrons. The van der Waals surface area contributed by atoms with Gasteiger partial charge in [0.1, 0.15) is 5.75 Å². The minimum Gasteiger partial charge on any atom is -0.491 e. The van der Waals surface area contributed by atoms with E-state index in [1.54, 1.807) is 6.07 Å². The van der Waals surface area contributed by atoms with Crippen LogP contribution in [-0.4, -0.2) is 59.0 Å². The van der Waals surface area contributed by atoms with Gasteiger partial charge in [-0.25, -0.2) is 12.7 Å². The molecule has 0 amide bonds. The summed E-state index contributed by atoms with van der Waals surface area (Å²) in [6.45, 7) is 1.39. The van der Waals surface area contributed by atoms with Gasteiger partial charge in [0.15, 0.2) is 0 Å². The number of ether oxygens (including phenoxy) is 1. The highest BCUT2D eigenvalue weighted by Gasteiger charge is 2.18. The number of nitrogens with two attached hydrogens (primary N) is 1. The zero-order valence-corrected chi connectivity index (χ0v) is 13.3. The zero-order valence-electron chi connectivity index (χ0n) is 12.5. The second-order valence-corrected chi connectivity index (χ2v) is 7.14. The monoisotopic (exact) mass is 301 g/mol. The maximum atomic E-state index is 12.0. The van der Waals surface area contributed by atoms with Gasteiger partial charge in [-0.15, -0.1) is 0 Å². The number of rotatable bonds is 7. The first-order valence-corrected chi connectivity index (χ1v) is 7.78. The van der Waals surface area contributed by atoms with Gasteiger partial charge in [-0.2, -0.15) is 0 Å². The van der Waals surface area contributed by atoms with Crippen molar-refractivity contribution in [2.24, 2.45) is 0 Å². The van der Waals surface area contributed by atoms with E-state index < -0.39 is 10.0 Å². The summed E-state index contributed by atoms with van der Waals surface area (Å²) in [5.41, 5.74) is 6.24. The maximum absolute atomic E-state index is 12.0. The Bertz CT molecular complexity index is 542. The van der Waals surface area contributed by atoms with Crippen molar-refractivity contribution in [2.75, 3.05) is 47.1 Å². The van der Waals surface area contributed by atoms with Crippen molar-refractivity contribution in [1.29, 1.82) is 0 Å². The van der Waals surface area contributed by atoms with Gasteiger partial charge >= 0.3 is 0 Å². The standard InChI is InChI=1S/C13H23N3O3S/c1-15(2)8-5-9-19-13-10-11(6-7-12(13)14)20(17,18)16(3)4/h6-7,10H,5,8-9,14H2,1-4H3. The summed E-state index contributed by atoms with van der Waals surface area (Å²) in [7, 11) is 3.48. The van der Waals surface area contributed by atoms with Crippen LogP contribution in [-0.2, 0) is 10.0 Å². The summed E-state index contributed by atoms with van der Waals surface area (Å²) in [5.74, 6) is 0.409. The van der Waals surface area contributed by atoms with Crippen LogP contribution in [0.5, 0.6) is 5.75 Å². The third-order valence-electron chi connectivity index (χ3n) is 2.77. The average Bonchev–Trinajstić information content (AvgIpc) is 2.35. The Balaban J connectivity index is 2.82. The molecule has 7 heteroatoms. The molecule has 0 unspecified atom stereocenters. The van der Waals surface area contributed by atoms with Crippen LogP contribution in [0.3, 0.4) is 0 Å². The van der Waals surface area contributed by atoms with E-state index in [0.717, 1.165) is 17.3 Å². The highest BCUT2D eigenvalue weighted by atomic mass is 32.2. The van der Waals surface area contributed by atoms with Gasteiger partial charge in [-0.1, -0.05) is 0 Å². The van der Waals surface area contributed by atoms with E-state index in [2.05, 4.69) is 4.90 Å². The SMILES string of the molecule is CN(C)CCCOc1cc(S(=O)(=O)N(C)C)ccc1N. The topological polar surface area (TPSA) is 75.9 Å². The van der Waals surface area contributed by atoms with E-state index in [1.165, 1.54) is 26.2 Å². The first kappa shape index (κ1) is 16.7. The van der Waals surface area contributed by atoms with Crippen LogP contribution in [0.1, 0.15) is 6.42 Å². The zero-order chi connectivity index (χ0) is 15.3. The minimum absolute atomic E-state index is 0.180. The summed E-state index contributed by atoms with van der Waals surface area (Å²) in [4.78, 5) is 2.24. The molecular weight excluding hydrogens is 278 g/mol. The van der Waals surface area contributed by atoms with Crippen LogP contribution in [0, 0.1) is 0 Å². The molecule has 0 fully saturated rings. The van der Waals surface area contributed by atoms with E-state index >= 15 is 0 Å². The molecule has 6 nitrogen and oxygen atoms in total.